The van der Waals surface area contributed by atoms with Crippen LogP contribution >= 0.6 is 15.9 Å². The number of halogens is 1. The Morgan fingerprint density at radius 1 is 1.14 bits per heavy atom. The van der Waals surface area contributed by atoms with Crippen molar-refractivity contribution in [3.05, 3.63) is 46.9 Å². The van der Waals surface area contributed by atoms with E-state index in [0.29, 0.717) is 17.2 Å². The van der Waals surface area contributed by atoms with Crippen LogP contribution in [0.4, 0.5) is 11.4 Å². The number of carbonyl (C=O) groups excluding carboxylic acids is 1. The standard InChI is InChI=1S/C16H17BrN2O3/c1-21-13-6-7-15(22-2)14(9-13)19-16(20)10-18-12-5-3-4-11(17)8-12/h3-9,18H,10H2,1-2H3,(H,19,20). The summed E-state index contributed by atoms with van der Waals surface area (Å²) < 4.78 is 11.3. The van der Waals surface area contributed by atoms with Gasteiger partial charge in [-0.25, -0.2) is 0 Å². The van der Waals surface area contributed by atoms with Crippen molar-refractivity contribution in [1.29, 1.82) is 0 Å². The molecule has 0 atom stereocenters. The largest absolute Gasteiger partial charge is 0.497 e. The number of benzene rings is 2. The molecule has 0 aliphatic carbocycles. The third kappa shape index (κ3) is 4.39. The minimum absolute atomic E-state index is 0.150. The first-order valence-electron chi connectivity index (χ1n) is 6.63. The Balaban J connectivity index is 1.99. The Morgan fingerprint density at radius 3 is 2.64 bits per heavy atom. The molecule has 116 valence electrons. The average Bonchev–Trinajstić information content (AvgIpc) is 2.53. The fraction of sp³-hybridized carbons (Fsp3) is 0.188. The summed E-state index contributed by atoms with van der Waals surface area (Å²) in [5, 5.41) is 5.86. The first kappa shape index (κ1) is 16.2. The van der Waals surface area contributed by atoms with Crippen molar-refractivity contribution in [2.45, 2.75) is 0 Å². The summed E-state index contributed by atoms with van der Waals surface area (Å²) in [6, 6.07) is 12.9. The molecule has 0 unspecified atom stereocenters. The van der Waals surface area contributed by atoms with Gasteiger partial charge in [0.2, 0.25) is 5.91 Å². The molecule has 0 aliphatic rings. The summed E-state index contributed by atoms with van der Waals surface area (Å²) in [6.45, 7) is 0.150. The lowest BCUT2D eigenvalue weighted by molar-refractivity contribution is -0.114. The minimum atomic E-state index is -0.175. The van der Waals surface area contributed by atoms with Gasteiger partial charge in [0.1, 0.15) is 11.5 Å². The molecule has 0 bridgehead atoms. The molecule has 5 nitrogen and oxygen atoms in total. The third-order valence-electron chi connectivity index (χ3n) is 2.96. The van der Waals surface area contributed by atoms with Crippen LogP contribution in [0.25, 0.3) is 0 Å². The second-order valence-electron chi connectivity index (χ2n) is 4.48. The molecule has 0 aliphatic heterocycles. The number of anilines is 2. The van der Waals surface area contributed by atoms with Gasteiger partial charge in [0.15, 0.2) is 0 Å². The average molecular weight is 365 g/mol. The molecule has 0 saturated carbocycles. The van der Waals surface area contributed by atoms with E-state index in [2.05, 4.69) is 26.6 Å². The van der Waals surface area contributed by atoms with Gasteiger partial charge in [0, 0.05) is 16.2 Å². The summed E-state index contributed by atoms with van der Waals surface area (Å²) in [5.74, 6) is 1.05. The molecule has 0 heterocycles. The molecule has 0 saturated heterocycles. The predicted molar refractivity (Wildman–Crippen MR) is 90.8 cm³/mol. The van der Waals surface area contributed by atoms with Crippen LogP contribution in [0.2, 0.25) is 0 Å². The fourth-order valence-electron chi connectivity index (χ4n) is 1.89. The number of nitrogens with one attached hydrogen (secondary N) is 2. The molecule has 0 spiro atoms. The van der Waals surface area contributed by atoms with Crippen molar-refractivity contribution in [3.8, 4) is 11.5 Å². The Hall–Kier alpha value is -2.21. The van der Waals surface area contributed by atoms with Crippen LogP contribution in [0.1, 0.15) is 0 Å². The number of amides is 1. The van der Waals surface area contributed by atoms with Crippen LogP contribution in [0.5, 0.6) is 11.5 Å². The predicted octanol–water partition coefficient (Wildman–Crippen LogP) is 3.52. The summed E-state index contributed by atoms with van der Waals surface area (Å²) in [5.41, 5.74) is 1.44. The van der Waals surface area contributed by atoms with Crippen molar-refractivity contribution < 1.29 is 14.3 Å². The van der Waals surface area contributed by atoms with Gasteiger partial charge in [-0.15, -0.1) is 0 Å². The van der Waals surface area contributed by atoms with E-state index in [0.717, 1.165) is 10.2 Å². The van der Waals surface area contributed by atoms with Gasteiger partial charge in [-0.1, -0.05) is 22.0 Å². The van der Waals surface area contributed by atoms with Crippen LogP contribution in [-0.2, 0) is 4.79 Å². The molecule has 2 N–H and O–H groups in total. The highest BCUT2D eigenvalue weighted by Gasteiger charge is 2.09. The lowest BCUT2D eigenvalue weighted by Crippen LogP contribution is -2.22. The van der Waals surface area contributed by atoms with Crippen LogP contribution in [0.3, 0.4) is 0 Å². The number of hydrogen-bond acceptors (Lipinski definition) is 4. The highest BCUT2D eigenvalue weighted by Crippen LogP contribution is 2.28. The van der Waals surface area contributed by atoms with E-state index in [9.17, 15) is 4.79 Å². The second kappa shape index (κ2) is 7.70. The van der Waals surface area contributed by atoms with Gasteiger partial charge in [0.25, 0.3) is 0 Å². The lowest BCUT2D eigenvalue weighted by Gasteiger charge is -2.12. The Bertz CT molecular complexity index is 662. The molecule has 22 heavy (non-hydrogen) atoms. The van der Waals surface area contributed by atoms with E-state index < -0.39 is 0 Å². The van der Waals surface area contributed by atoms with Gasteiger partial charge in [-0.3, -0.25) is 4.79 Å². The Labute approximate surface area is 137 Å². The summed E-state index contributed by atoms with van der Waals surface area (Å²) in [4.78, 5) is 12.1. The molecule has 0 radical (unpaired) electrons. The third-order valence-corrected chi connectivity index (χ3v) is 3.45. The SMILES string of the molecule is COc1ccc(OC)c(NC(=O)CNc2cccc(Br)c2)c1. The van der Waals surface area contributed by atoms with Crippen molar-refractivity contribution in [3.63, 3.8) is 0 Å². The first-order valence-corrected chi connectivity index (χ1v) is 7.43. The van der Waals surface area contributed by atoms with Crippen molar-refractivity contribution in [2.24, 2.45) is 0 Å². The van der Waals surface area contributed by atoms with E-state index >= 15 is 0 Å². The molecule has 2 aromatic carbocycles. The molecule has 2 rings (SSSR count). The number of rotatable bonds is 6. The number of ether oxygens (including phenoxy) is 2. The lowest BCUT2D eigenvalue weighted by atomic mass is 10.2. The van der Waals surface area contributed by atoms with Crippen molar-refractivity contribution >= 4 is 33.2 Å². The van der Waals surface area contributed by atoms with E-state index in [1.54, 1.807) is 32.4 Å². The maximum Gasteiger partial charge on any atom is 0.243 e. The normalized spacial score (nSPS) is 9.95. The summed E-state index contributed by atoms with van der Waals surface area (Å²) in [7, 11) is 3.12. The molecule has 0 aromatic heterocycles. The highest BCUT2D eigenvalue weighted by molar-refractivity contribution is 9.10. The van der Waals surface area contributed by atoms with Crippen LogP contribution in [-0.4, -0.2) is 26.7 Å². The molecule has 0 fully saturated rings. The first-order chi connectivity index (χ1) is 10.6. The zero-order valence-electron chi connectivity index (χ0n) is 12.4. The van der Waals surface area contributed by atoms with Crippen molar-refractivity contribution in [1.82, 2.24) is 0 Å². The monoisotopic (exact) mass is 364 g/mol. The quantitative estimate of drug-likeness (QED) is 0.823. The zero-order valence-corrected chi connectivity index (χ0v) is 13.9. The number of carbonyl (C=O) groups is 1. The minimum Gasteiger partial charge on any atom is -0.497 e. The Kier molecular flexibility index (Phi) is 5.66. The van der Waals surface area contributed by atoms with E-state index in [1.807, 2.05) is 24.3 Å². The van der Waals surface area contributed by atoms with Crippen LogP contribution in [0.15, 0.2) is 46.9 Å². The van der Waals surface area contributed by atoms with Gasteiger partial charge in [0.05, 0.1) is 26.5 Å². The van der Waals surface area contributed by atoms with E-state index in [-0.39, 0.29) is 12.5 Å². The van der Waals surface area contributed by atoms with Gasteiger partial charge in [-0.2, -0.15) is 0 Å². The maximum atomic E-state index is 12.1. The van der Waals surface area contributed by atoms with Gasteiger partial charge in [-0.05, 0) is 30.3 Å². The molecular weight excluding hydrogens is 348 g/mol. The molecule has 1 amide bonds. The molecular formula is C16H17BrN2O3. The summed E-state index contributed by atoms with van der Waals surface area (Å²) in [6.07, 6.45) is 0. The molecule has 6 heteroatoms. The zero-order chi connectivity index (χ0) is 15.9. The number of methoxy groups -OCH3 is 2. The highest BCUT2D eigenvalue weighted by atomic mass is 79.9. The van der Waals surface area contributed by atoms with Crippen molar-refractivity contribution in [2.75, 3.05) is 31.4 Å². The smallest absolute Gasteiger partial charge is 0.243 e. The fourth-order valence-corrected chi connectivity index (χ4v) is 2.29. The topological polar surface area (TPSA) is 59.6 Å². The van der Waals surface area contributed by atoms with Crippen LogP contribution in [0, 0.1) is 0 Å². The van der Waals surface area contributed by atoms with E-state index in [4.69, 9.17) is 9.47 Å². The summed E-state index contributed by atoms with van der Waals surface area (Å²) >= 11 is 3.39. The Morgan fingerprint density at radius 2 is 1.95 bits per heavy atom. The van der Waals surface area contributed by atoms with Crippen LogP contribution < -0.4 is 20.1 Å². The van der Waals surface area contributed by atoms with Gasteiger partial charge >= 0.3 is 0 Å². The van der Waals surface area contributed by atoms with E-state index in [1.165, 1.54) is 0 Å². The van der Waals surface area contributed by atoms with Gasteiger partial charge < -0.3 is 20.1 Å². The maximum absolute atomic E-state index is 12.1. The second-order valence-corrected chi connectivity index (χ2v) is 5.39. The number of hydrogen-bond donors (Lipinski definition) is 2. The molecule has 2 aromatic rings.